The lowest BCUT2D eigenvalue weighted by atomic mass is 10.2. The van der Waals surface area contributed by atoms with Crippen LogP contribution < -0.4 is 4.74 Å². The van der Waals surface area contributed by atoms with E-state index in [-0.39, 0.29) is 24.6 Å². The quantitative estimate of drug-likeness (QED) is 0.440. The minimum Gasteiger partial charge on any atom is -0.490 e. The molecule has 2 atom stereocenters. The molecule has 2 rings (SSSR count). The number of ether oxygens (including phenoxy) is 2. The molecule has 0 aliphatic carbocycles. The number of epoxide rings is 1. The largest absolute Gasteiger partial charge is 0.490 e. The fourth-order valence-corrected chi connectivity index (χ4v) is 1.89. The zero-order chi connectivity index (χ0) is 15.3. The second-order valence-corrected chi connectivity index (χ2v) is 4.66. The van der Waals surface area contributed by atoms with E-state index >= 15 is 0 Å². The molecule has 21 heavy (non-hydrogen) atoms. The van der Waals surface area contributed by atoms with Gasteiger partial charge in [0, 0.05) is 6.42 Å². The summed E-state index contributed by atoms with van der Waals surface area (Å²) in [5.74, 6) is 0.177. The Balaban J connectivity index is 1.72. The predicted molar refractivity (Wildman–Crippen MR) is 70.0 cm³/mol. The molecule has 0 amide bonds. The summed E-state index contributed by atoms with van der Waals surface area (Å²) in [4.78, 5) is 10.2. The molecule has 114 valence electrons. The SMILES string of the molecule is O=CC[C@H]1O[C@H]1C/C=C\COc1cccc(C(F)(F)F)c1. The number of alkyl halides is 3. The number of carbonyl (C=O) groups excluding carboxylic acids is 1. The lowest BCUT2D eigenvalue weighted by molar-refractivity contribution is -0.137. The number of halogens is 3. The number of aldehydes is 1. The topological polar surface area (TPSA) is 38.8 Å². The van der Waals surface area contributed by atoms with Gasteiger partial charge < -0.3 is 14.3 Å². The highest BCUT2D eigenvalue weighted by Gasteiger charge is 2.36. The lowest BCUT2D eigenvalue weighted by Gasteiger charge is -2.08. The molecule has 1 saturated heterocycles. The van der Waals surface area contributed by atoms with Gasteiger partial charge in [0.2, 0.25) is 0 Å². The molecule has 1 aliphatic rings. The molecule has 0 aromatic heterocycles. The molecule has 1 heterocycles. The third kappa shape index (κ3) is 4.90. The molecule has 1 aliphatic heterocycles. The summed E-state index contributed by atoms with van der Waals surface area (Å²) >= 11 is 0. The maximum Gasteiger partial charge on any atom is 0.416 e. The van der Waals surface area contributed by atoms with Gasteiger partial charge in [-0.3, -0.25) is 0 Å². The Labute approximate surface area is 120 Å². The minimum absolute atomic E-state index is 0.0107. The van der Waals surface area contributed by atoms with Gasteiger partial charge in [0.25, 0.3) is 0 Å². The van der Waals surface area contributed by atoms with E-state index < -0.39 is 11.7 Å². The number of benzene rings is 1. The zero-order valence-corrected chi connectivity index (χ0v) is 11.2. The van der Waals surface area contributed by atoms with E-state index in [1.165, 1.54) is 12.1 Å². The summed E-state index contributed by atoms with van der Waals surface area (Å²) < 4.78 is 48.0. The van der Waals surface area contributed by atoms with Gasteiger partial charge in [0.15, 0.2) is 0 Å². The summed E-state index contributed by atoms with van der Waals surface area (Å²) in [6.07, 6.45) is 1.17. The second kappa shape index (κ2) is 6.76. The van der Waals surface area contributed by atoms with Crippen molar-refractivity contribution in [2.75, 3.05) is 6.61 Å². The molecule has 0 unspecified atom stereocenters. The van der Waals surface area contributed by atoms with Crippen LogP contribution in [0, 0.1) is 0 Å². The molecule has 1 aromatic rings. The average Bonchev–Trinajstić information content (AvgIpc) is 3.16. The van der Waals surface area contributed by atoms with Crippen LogP contribution in [0.2, 0.25) is 0 Å². The van der Waals surface area contributed by atoms with Crippen molar-refractivity contribution in [1.29, 1.82) is 0 Å². The molecule has 0 N–H and O–H groups in total. The summed E-state index contributed by atoms with van der Waals surface area (Å²) in [7, 11) is 0. The van der Waals surface area contributed by atoms with Crippen LogP contribution >= 0.6 is 0 Å². The Kier molecular flexibility index (Phi) is 5.01. The van der Waals surface area contributed by atoms with E-state index in [4.69, 9.17) is 9.47 Å². The Morgan fingerprint density at radius 1 is 1.19 bits per heavy atom. The smallest absolute Gasteiger partial charge is 0.416 e. The van der Waals surface area contributed by atoms with E-state index in [9.17, 15) is 18.0 Å². The van der Waals surface area contributed by atoms with E-state index in [2.05, 4.69) is 0 Å². The Hall–Kier alpha value is -1.82. The van der Waals surface area contributed by atoms with Crippen LogP contribution in [0.3, 0.4) is 0 Å². The Morgan fingerprint density at radius 3 is 2.67 bits per heavy atom. The number of hydrogen-bond donors (Lipinski definition) is 0. The summed E-state index contributed by atoms with van der Waals surface area (Å²) in [6, 6.07) is 4.76. The van der Waals surface area contributed by atoms with Crippen molar-refractivity contribution in [1.82, 2.24) is 0 Å². The van der Waals surface area contributed by atoms with Crippen LogP contribution in [0.15, 0.2) is 36.4 Å². The third-order valence-corrected chi connectivity index (χ3v) is 3.06. The number of carbonyl (C=O) groups is 1. The van der Waals surface area contributed by atoms with Crippen LogP contribution in [0.1, 0.15) is 18.4 Å². The highest BCUT2D eigenvalue weighted by Crippen LogP contribution is 2.31. The molecule has 0 spiro atoms. The Morgan fingerprint density at radius 2 is 1.95 bits per heavy atom. The van der Waals surface area contributed by atoms with Gasteiger partial charge in [0.1, 0.15) is 18.6 Å². The highest BCUT2D eigenvalue weighted by atomic mass is 19.4. The summed E-state index contributed by atoms with van der Waals surface area (Å²) in [6.45, 7) is 0.187. The second-order valence-electron chi connectivity index (χ2n) is 4.66. The monoisotopic (exact) mass is 300 g/mol. The van der Waals surface area contributed by atoms with E-state index in [1.54, 1.807) is 6.08 Å². The number of rotatable bonds is 7. The zero-order valence-electron chi connectivity index (χ0n) is 11.2. The maximum atomic E-state index is 12.5. The summed E-state index contributed by atoms with van der Waals surface area (Å²) in [5.41, 5.74) is -0.730. The van der Waals surface area contributed by atoms with Crippen molar-refractivity contribution in [3.63, 3.8) is 0 Å². The Bertz CT molecular complexity index is 511. The van der Waals surface area contributed by atoms with Crippen molar-refractivity contribution >= 4 is 6.29 Å². The first-order valence-electron chi connectivity index (χ1n) is 6.55. The first-order valence-corrected chi connectivity index (χ1v) is 6.55. The molecule has 0 saturated carbocycles. The van der Waals surface area contributed by atoms with Crippen LogP contribution in [-0.4, -0.2) is 25.1 Å². The first kappa shape index (κ1) is 15.6. The van der Waals surface area contributed by atoms with Gasteiger partial charge in [-0.2, -0.15) is 13.2 Å². The molecule has 0 radical (unpaired) electrons. The van der Waals surface area contributed by atoms with Gasteiger partial charge in [-0.25, -0.2) is 0 Å². The summed E-state index contributed by atoms with van der Waals surface area (Å²) in [5, 5.41) is 0. The molecule has 1 fully saturated rings. The van der Waals surface area contributed by atoms with E-state index in [1.807, 2.05) is 6.08 Å². The first-order chi connectivity index (χ1) is 10.0. The van der Waals surface area contributed by atoms with E-state index in [0.717, 1.165) is 18.4 Å². The lowest BCUT2D eigenvalue weighted by Crippen LogP contribution is -2.05. The van der Waals surface area contributed by atoms with Gasteiger partial charge in [-0.15, -0.1) is 0 Å². The van der Waals surface area contributed by atoms with Crippen molar-refractivity contribution in [3.8, 4) is 5.75 Å². The highest BCUT2D eigenvalue weighted by molar-refractivity contribution is 5.51. The molecular formula is C15H15F3O3. The van der Waals surface area contributed by atoms with Crippen molar-refractivity contribution in [2.45, 2.75) is 31.2 Å². The van der Waals surface area contributed by atoms with Crippen LogP contribution in [-0.2, 0) is 15.7 Å². The standard InChI is InChI=1S/C15H15F3O3/c16-15(17,18)11-4-3-5-12(10-11)20-9-2-1-6-13-14(21-13)7-8-19/h1-5,8,10,13-14H,6-7,9H2/b2-1-/t13-,14+/m0/s1. The number of hydrogen-bond acceptors (Lipinski definition) is 3. The molecular weight excluding hydrogens is 285 g/mol. The fraction of sp³-hybridized carbons (Fsp3) is 0.400. The molecule has 0 bridgehead atoms. The maximum absolute atomic E-state index is 12.5. The average molecular weight is 300 g/mol. The van der Waals surface area contributed by atoms with Gasteiger partial charge in [-0.05, 0) is 24.6 Å². The molecule has 3 nitrogen and oxygen atoms in total. The van der Waals surface area contributed by atoms with E-state index in [0.29, 0.717) is 12.8 Å². The van der Waals surface area contributed by atoms with Crippen LogP contribution in [0.25, 0.3) is 0 Å². The molecule has 6 heteroatoms. The van der Waals surface area contributed by atoms with Crippen molar-refractivity contribution in [3.05, 3.63) is 42.0 Å². The minimum atomic E-state index is -4.37. The predicted octanol–water partition coefficient (Wildman–Crippen LogP) is 3.39. The van der Waals surface area contributed by atoms with Gasteiger partial charge >= 0.3 is 6.18 Å². The van der Waals surface area contributed by atoms with Crippen molar-refractivity contribution in [2.24, 2.45) is 0 Å². The van der Waals surface area contributed by atoms with Gasteiger partial charge in [-0.1, -0.05) is 18.2 Å². The van der Waals surface area contributed by atoms with Crippen LogP contribution in [0.4, 0.5) is 13.2 Å². The molecule has 1 aromatic carbocycles. The normalized spacial score (nSPS) is 21.5. The van der Waals surface area contributed by atoms with Crippen LogP contribution in [0.5, 0.6) is 5.75 Å². The fourth-order valence-electron chi connectivity index (χ4n) is 1.89. The van der Waals surface area contributed by atoms with Gasteiger partial charge in [0.05, 0.1) is 17.8 Å². The third-order valence-electron chi connectivity index (χ3n) is 3.06. The van der Waals surface area contributed by atoms with Crippen molar-refractivity contribution < 1.29 is 27.4 Å².